The highest BCUT2D eigenvalue weighted by Crippen LogP contribution is 2.52. The van der Waals surface area contributed by atoms with Crippen molar-refractivity contribution in [2.24, 2.45) is 12.5 Å². The normalized spacial score (nSPS) is 21.7. The number of ketones is 1. The summed E-state index contributed by atoms with van der Waals surface area (Å²) in [6, 6.07) is 6.40. The Labute approximate surface area is 255 Å². The molecule has 0 radical (unpaired) electrons. The number of alkyl halides is 3. The number of nitrogens with zero attached hydrogens (tertiary/aromatic N) is 7. The third-order valence-corrected chi connectivity index (χ3v) is 10.7. The first kappa shape index (κ1) is 29.5. The second kappa shape index (κ2) is 10.4. The van der Waals surface area contributed by atoms with Crippen molar-refractivity contribution >= 4 is 21.9 Å². The predicted molar refractivity (Wildman–Crippen MR) is 152 cm³/mol. The molecule has 2 saturated carbocycles. The third-order valence-electron chi connectivity index (χ3n) is 8.85. The summed E-state index contributed by atoms with van der Waals surface area (Å²) in [5.74, 6) is -1.02. The Morgan fingerprint density at radius 3 is 2.51 bits per heavy atom. The highest BCUT2D eigenvalue weighted by Gasteiger charge is 2.54. The van der Waals surface area contributed by atoms with E-state index in [-0.39, 0.29) is 29.6 Å². The van der Waals surface area contributed by atoms with Crippen LogP contribution in [0.4, 0.5) is 17.6 Å². The number of hydrogen-bond donors (Lipinski definition) is 0. The monoisotopic (exact) mass is 641 g/mol. The molecule has 3 aromatic heterocycles. The van der Waals surface area contributed by atoms with E-state index >= 15 is 0 Å². The number of hydrogen-bond acceptors (Lipinski definition) is 7. The van der Waals surface area contributed by atoms with E-state index in [1.807, 2.05) is 6.08 Å². The number of Topliss-reactive ketones (excluding diaryl/α,β-unsaturated/α-hetero) is 1. The third kappa shape index (κ3) is 5.07. The van der Waals surface area contributed by atoms with Gasteiger partial charge in [-0.05, 0) is 86.6 Å². The Hall–Kier alpha value is -4.24. The highest BCUT2D eigenvalue weighted by molar-refractivity contribution is 7.89. The molecular formula is C30H27F4N7O3S. The number of sulfonamides is 1. The first-order chi connectivity index (χ1) is 21.4. The second-order valence-corrected chi connectivity index (χ2v) is 13.6. The molecule has 3 heterocycles. The highest BCUT2D eigenvalue weighted by atomic mass is 32.2. The van der Waals surface area contributed by atoms with E-state index in [4.69, 9.17) is 0 Å². The van der Waals surface area contributed by atoms with Crippen LogP contribution in [0.5, 0.6) is 0 Å². The SMILES string of the molecule is Cn1cc(S(=O)(=O)N(C2CC2)[C@H]2CCC3=Cc4c(cnn4-c4ccc(F)cc4)C[C@]3(C(=O)c3cc(C(F)(F)F)ccn3)C2)nn1. The summed E-state index contributed by atoms with van der Waals surface area (Å²) >= 11 is 0. The van der Waals surface area contributed by atoms with Gasteiger partial charge in [0.15, 0.2) is 5.78 Å². The molecule has 45 heavy (non-hydrogen) atoms. The Bertz CT molecular complexity index is 1950. The van der Waals surface area contributed by atoms with Gasteiger partial charge in [0.1, 0.15) is 11.5 Å². The van der Waals surface area contributed by atoms with E-state index in [1.165, 1.54) is 27.3 Å². The summed E-state index contributed by atoms with van der Waals surface area (Å²) in [6.45, 7) is 0. The average molecular weight is 642 g/mol. The first-order valence-electron chi connectivity index (χ1n) is 14.4. The largest absolute Gasteiger partial charge is 0.416 e. The molecule has 15 heteroatoms. The van der Waals surface area contributed by atoms with Crippen LogP contribution in [0.2, 0.25) is 0 Å². The van der Waals surface area contributed by atoms with Gasteiger partial charge in [-0.2, -0.15) is 22.6 Å². The van der Waals surface area contributed by atoms with Gasteiger partial charge in [-0.15, -0.1) is 5.10 Å². The Kier molecular flexibility index (Phi) is 6.82. The van der Waals surface area contributed by atoms with Gasteiger partial charge in [-0.1, -0.05) is 10.8 Å². The molecule has 10 nitrogen and oxygen atoms in total. The zero-order valence-electron chi connectivity index (χ0n) is 23.9. The molecule has 2 atom stereocenters. The van der Waals surface area contributed by atoms with E-state index in [9.17, 15) is 30.8 Å². The quantitative estimate of drug-likeness (QED) is 0.211. The molecule has 0 bridgehead atoms. The number of aromatic nitrogens is 6. The van der Waals surface area contributed by atoms with Crippen LogP contribution in [0, 0.1) is 11.2 Å². The van der Waals surface area contributed by atoms with Crippen LogP contribution in [-0.4, -0.2) is 60.3 Å². The van der Waals surface area contributed by atoms with Crippen molar-refractivity contribution in [2.75, 3.05) is 0 Å². The Balaban J connectivity index is 1.33. The minimum absolute atomic E-state index is 0.0345. The minimum atomic E-state index is -4.69. The van der Waals surface area contributed by atoms with Crippen molar-refractivity contribution in [1.29, 1.82) is 0 Å². The molecule has 2 fully saturated rings. The summed E-state index contributed by atoms with van der Waals surface area (Å²) in [7, 11) is -2.53. The fourth-order valence-corrected chi connectivity index (χ4v) is 8.45. The van der Waals surface area contributed by atoms with Gasteiger partial charge < -0.3 is 0 Å². The molecule has 4 aromatic rings. The number of rotatable bonds is 7. The van der Waals surface area contributed by atoms with Crippen LogP contribution in [-0.2, 0) is 29.7 Å². The number of allylic oxidation sites excluding steroid dienone is 1. The lowest BCUT2D eigenvalue weighted by molar-refractivity contribution is -0.137. The predicted octanol–water partition coefficient (Wildman–Crippen LogP) is 4.77. The molecule has 0 unspecified atom stereocenters. The van der Waals surface area contributed by atoms with Gasteiger partial charge in [0.05, 0.1) is 34.8 Å². The topological polar surface area (TPSA) is 116 Å². The smallest absolute Gasteiger partial charge is 0.291 e. The fourth-order valence-electron chi connectivity index (χ4n) is 6.64. The van der Waals surface area contributed by atoms with E-state index in [1.54, 1.807) is 30.1 Å². The van der Waals surface area contributed by atoms with Crippen molar-refractivity contribution in [3.63, 3.8) is 0 Å². The van der Waals surface area contributed by atoms with E-state index < -0.39 is 44.8 Å². The number of pyridine rings is 1. The molecule has 3 aliphatic carbocycles. The summed E-state index contributed by atoms with van der Waals surface area (Å²) in [5.41, 5.74) is -0.153. The molecule has 234 valence electrons. The van der Waals surface area contributed by atoms with Crippen LogP contribution in [0.1, 0.15) is 59.4 Å². The van der Waals surface area contributed by atoms with Gasteiger partial charge in [0.2, 0.25) is 5.03 Å². The maximum atomic E-state index is 14.5. The van der Waals surface area contributed by atoms with Crippen molar-refractivity contribution in [2.45, 2.75) is 61.8 Å². The van der Waals surface area contributed by atoms with Crippen LogP contribution < -0.4 is 0 Å². The molecule has 1 aromatic carbocycles. The lowest BCUT2D eigenvalue weighted by atomic mass is 9.60. The molecule has 0 aliphatic heterocycles. The van der Waals surface area contributed by atoms with Crippen molar-refractivity contribution in [3.8, 4) is 5.69 Å². The molecule has 0 saturated heterocycles. The van der Waals surface area contributed by atoms with Crippen LogP contribution in [0.15, 0.2) is 65.6 Å². The summed E-state index contributed by atoms with van der Waals surface area (Å²) in [6.07, 6.45) is 3.08. The average Bonchev–Trinajstić information content (AvgIpc) is 3.59. The van der Waals surface area contributed by atoms with E-state index in [0.717, 1.165) is 18.3 Å². The van der Waals surface area contributed by atoms with E-state index in [0.29, 0.717) is 48.2 Å². The van der Waals surface area contributed by atoms with Crippen LogP contribution >= 0.6 is 0 Å². The number of fused-ring (bicyclic) bond motifs is 2. The number of benzene rings is 1. The molecule has 0 N–H and O–H groups in total. The standard InChI is InChI=1S/C30H27F4N7O3S/c1-39-17-27(37-38-39)45(43,44)41(23-8-9-23)24-5-2-19-13-26-18(16-36-40(26)22-6-3-21(31)4-7-22)14-29(19,15-24)28(42)25-12-20(10-11-35-25)30(32,33)34/h3-4,6-7,10-13,16-17,23-24H,2,5,8-9,14-15H2,1H3/t24-,29-/m0/s1. The van der Waals surface area contributed by atoms with Gasteiger partial charge in [-0.3, -0.25) is 14.5 Å². The van der Waals surface area contributed by atoms with Gasteiger partial charge in [-0.25, -0.2) is 17.5 Å². The maximum absolute atomic E-state index is 14.5. The second-order valence-electron chi connectivity index (χ2n) is 11.8. The molecule has 0 amide bonds. The zero-order valence-corrected chi connectivity index (χ0v) is 24.8. The lowest BCUT2D eigenvalue weighted by Gasteiger charge is -2.46. The Morgan fingerprint density at radius 1 is 1.09 bits per heavy atom. The maximum Gasteiger partial charge on any atom is 0.416 e. The number of carbonyl (C=O) groups is 1. The van der Waals surface area contributed by atoms with Crippen LogP contribution in [0.3, 0.4) is 0 Å². The minimum Gasteiger partial charge on any atom is -0.291 e. The number of carbonyl (C=O) groups excluding carboxylic acids is 1. The van der Waals surface area contributed by atoms with Crippen molar-refractivity contribution in [1.82, 2.24) is 34.1 Å². The van der Waals surface area contributed by atoms with Crippen LogP contribution in [0.25, 0.3) is 11.8 Å². The summed E-state index contributed by atoms with van der Waals surface area (Å²) in [5, 5.41) is 11.9. The Morgan fingerprint density at radius 2 is 1.84 bits per heavy atom. The number of halogens is 4. The zero-order chi connectivity index (χ0) is 31.7. The van der Waals surface area contributed by atoms with E-state index in [2.05, 4.69) is 20.4 Å². The van der Waals surface area contributed by atoms with Gasteiger partial charge in [0, 0.05) is 25.3 Å². The van der Waals surface area contributed by atoms with Crippen molar-refractivity contribution in [3.05, 3.63) is 88.9 Å². The molecule has 7 rings (SSSR count). The van der Waals surface area contributed by atoms with Gasteiger partial charge >= 0.3 is 6.18 Å². The summed E-state index contributed by atoms with van der Waals surface area (Å²) < 4.78 is 86.8. The lowest BCUT2D eigenvalue weighted by Crippen LogP contribution is -2.51. The molecule has 3 aliphatic rings. The summed E-state index contributed by atoms with van der Waals surface area (Å²) in [4.78, 5) is 18.6. The fraction of sp³-hybridized carbons (Fsp3) is 0.367. The van der Waals surface area contributed by atoms with Gasteiger partial charge in [0.25, 0.3) is 10.0 Å². The van der Waals surface area contributed by atoms with Crippen molar-refractivity contribution < 1.29 is 30.8 Å². The molecule has 0 spiro atoms. The first-order valence-corrected chi connectivity index (χ1v) is 15.8. The number of aryl methyl sites for hydroxylation is 1. The molecular weight excluding hydrogens is 614 g/mol.